The van der Waals surface area contributed by atoms with E-state index < -0.39 is 4.92 Å². The molecule has 2 saturated heterocycles. The van der Waals surface area contributed by atoms with Crippen LogP contribution in [0.15, 0.2) is 24.3 Å². The number of carbonyl (C=O) groups is 2. The van der Waals surface area contributed by atoms with E-state index in [1.807, 2.05) is 6.92 Å². The second-order valence-electron chi connectivity index (χ2n) is 4.99. The fourth-order valence-electron chi connectivity index (χ4n) is 2.59. The average Bonchev–Trinajstić information content (AvgIpc) is 2.95. The molecule has 1 aromatic carbocycles. The van der Waals surface area contributed by atoms with E-state index in [2.05, 4.69) is 0 Å². The minimum atomic E-state index is -0.481. The van der Waals surface area contributed by atoms with E-state index in [9.17, 15) is 19.7 Å². The molecule has 2 fully saturated rings. The lowest BCUT2D eigenvalue weighted by Crippen LogP contribution is -2.35. The highest BCUT2D eigenvalue weighted by Crippen LogP contribution is 2.35. The molecule has 110 valence electrons. The number of hydrogen-bond donors (Lipinski definition) is 0. The third kappa shape index (κ3) is 2.25. The number of thioether (sulfide) groups is 1. The number of nitrogens with zero attached hydrogens (tertiary/aromatic N) is 3. The molecule has 0 N–H and O–H groups in total. The topological polar surface area (TPSA) is 83.8 Å². The molecule has 1 aromatic rings. The van der Waals surface area contributed by atoms with Crippen molar-refractivity contribution in [2.24, 2.45) is 0 Å². The van der Waals surface area contributed by atoms with Gasteiger partial charge in [-0.15, -0.1) is 11.8 Å². The zero-order valence-corrected chi connectivity index (χ0v) is 12.1. The van der Waals surface area contributed by atoms with Crippen LogP contribution in [0.5, 0.6) is 0 Å². The lowest BCUT2D eigenvalue weighted by Gasteiger charge is -2.19. The minimum Gasteiger partial charge on any atom is -0.300 e. The number of nitro groups is 1. The van der Waals surface area contributed by atoms with Gasteiger partial charge in [0.1, 0.15) is 6.04 Å². The molecule has 0 radical (unpaired) electrons. The van der Waals surface area contributed by atoms with Crippen molar-refractivity contribution in [1.29, 1.82) is 0 Å². The maximum Gasteiger partial charge on any atom is 0.328 e. The molecule has 2 aliphatic rings. The average molecular weight is 307 g/mol. The van der Waals surface area contributed by atoms with E-state index in [1.54, 1.807) is 28.8 Å². The monoisotopic (exact) mass is 307 g/mol. The van der Waals surface area contributed by atoms with Gasteiger partial charge in [-0.05, 0) is 12.5 Å². The highest BCUT2D eigenvalue weighted by molar-refractivity contribution is 8.00. The van der Waals surface area contributed by atoms with Gasteiger partial charge in [-0.25, -0.2) is 4.79 Å². The summed E-state index contributed by atoms with van der Waals surface area (Å²) >= 11 is 1.59. The van der Waals surface area contributed by atoms with Gasteiger partial charge in [-0.2, -0.15) is 0 Å². The molecule has 0 aliphatic carbocycles. The molecule has 3 rings (SSSR count). The zero-order valence-electron chi connectivity index (χ0n) is 11.3. The van der Waals surface area contributed by atoms with Crippen LogP contribution >= 0.6 is 11.8 Å². The molecular weight excluding hydrogens is 294 g/mol. The second-order valence-corrected chi connectivity index (χ2v) is 6.34. The first-order valence-electron chi connectivity index (χ1n) is 6.47. The van der Waals surface area contributed by atoms with Crippen LogP contribution in [-0.2, 0) is 11.3 Å². The number of rotatable bonds is 3. The fourth-order valence-corrected chi connectivity index (χ4v) is 3.75. The molecule has 2 aliphatic heterocycles. The lowest BCUT2D eigenvalue weighted by molar-refractivity contribution is -0.384. The molecule has 0 bridgehead atoms. The molecule has 0 aromatic heterocycles. The predicted octanol–water partition coefficient (Wildman–Crippen LogP) is 1.82. The van der Waals surface area contributed by atoms with Gasteiger partial charge >= 0.3 is 6.03 Å². The van der Waals surface area contributed by atoms with E-state index in [1.165, 1.54) is 17.0 Å². The van der Waals surface area contributed by atoms with Crippen molar-refractivity contribution in [3.05, 3.63) is 39.9 Å². The first-order valence-corrected chi connectivity index (χ1v) is 7.52. The van der Waals surface area contributed by atoms with Crippen LogP contribution in [0.4, 0.5) is 10.5 Å². The number of benzene rings is 1. The van der Waals surface area contributed by atoms with Crippen LogP contribution in [0.1, 0.15) is 12.5 Å². The maximum atomic E-state index is 12.3. The van der Waals surface area contributed by atoms with Crippen molar-refractivity contribution in [3.8, 4) is 0 Å². The van der Waals surface area contributed by atoms with Crippen LogP contribution in [0.25, 0.3) is 0 Å². The number of hydrogen-bond acceptors (Lipinski definition) is 5. The standard InChI is InChI=1S/C13H13N3O4S/c1-8-15-11(7-21-8)12(17)14(13(15)18)6-9-2-4-10(5-3-9)16(19)20/h2-5,8,11H,6-7H2,1H3/t8?,11-/m0/s1. The highest BCUT2D eigenvalue weighted by atomic mass is 32.2. The van der Waals surface area contributed by atoms with Gasteiger partial charge in [0.25, 0.3) is 11.6 Å². The number of non-ortho nitro benzene ring substituents is 1. The van der Waals surface area contributed by atoms with E-state index in [0.29, 0.717) is 11.3 Å². The van der Waals surface area contributed by atoms with Crippen molar-refractivity contribution in [3.63, 3.8) is 0 Å². The van der Waals surface area contributed by atoms with E-state index in [-0.39, 0.29) is 35.6 Å². The highest BCUT2D eigenvalue weighted by Gasteiger charge is 2.50. The number of carbonyl (C=O) groups excluding carboxylic acids is 2. The fraction of sp³-hybridized carbons (Fsp3) is 0.385. The molecule has 7 nitrogen and oxygen atoms in total. The summed E-state index contributed by atoms with van der Waals surface area (Å²) < 4.78 is 0. The summed E-state index contributed by atoms with van der Waals surface area (Å²) in [5.41, 5.74) is 0.687. The van der Waals surface area contributed by atoms with Gasteiger partial charge in [0, 0.05) is 17.9 Å². The van der Waals surface area contributed by atoms with E-state index in [4.69, 9.17) is 0 Å². The van der Waals surface area contributed by atoms with Gasteiger partial charge in [-0.3, -0.25) is 24.7 Å². The summed E-state index contributed by atoms with van der Waals surface area (Å²) in [5, 5.41) is 10.6. The van der Waals surface area contributed by atoms with E-state index >= 15 is 0 Å². The van der Waals surface area contributed by atoms with Crippen LogP contribution in [0.3, 0.4) is 0 Å². The Balaban J connectivity index is 1.77. The molecule has 0 saturated carbocycles. The lowest BCUT2D eigenvalue weighted by atomic mass is 10.2. The van der Waals surface area contributed by atoms with Crippen LogP contribution in [0, 0.1) is 10.1 Å². The minimum absolute atomic E-state index is 0.00770. The van der Waals surface area contributed by atoms with Gasteiger partial charge < -0.3 is 0 Å². The molecule has 3 amide bonds. The Kier molecular flexibility index (Phi) is 3.32. The predicted molar refractivity (Wildman–Crippen MR) is 76.6 cm³/mol. The van der Waals surface area contributed by atoms with Crippen molar-refractivity contribution in [1.82, 2.24) is 9.80 Å². The molecule has 8 heteroatoms. The largest absolute Gasteiger partial charge is 0.328 e. The molecule has 2 atom stereocenters. The summed E-state index contributed by atoms with van der Waals surface area (Å²) in [4.78, 5) is 37.5. The Hall–Kier alpha value is -2.09. The summed E-state index contributed by atoms with van der Waals surface area (Å²) in [6.45, 7) is 2.06. The normalized spacial score (nSPS) is 24.6. The van der Waals surface area contributed by atoms with Crippen molar-refractivity contribution in [2.45, 2.75) is 24.9 Å². The zero-order chi connectivity index (χ0) is 15.1. The molecule has 1 unspecified atom stereocenters. The number of nitro benzene ring substituents is 1. The second kappa shape index (κ2) is 5.03. The van der Waals surface area contributed by atoms with Crippen molar-refractivity contribution >= 4 is 29.4 Å². The van der Waals surface area contributed by atoms with Gasteiger partial charge in [-0.1, -0.05) is 12.1 Å². The summed E-state index contributed by atoms with van der Waals surface area (Å²) in [6.07, 6.45) is 0. The number of fused-ring (bicyclic) bond motifs is 1. The van der Waals surface area contributed by atoms with Gasteiger partial charge in [0.2, 0.25) is 0 Å². The molecular formula is C13H13N3O4S. The summed E-state index contributed by atoms with van der Waals surface area (Å²) in [7, 11) is 0. The van der Waals surface area contributed by atoms with E-state index in [0.717, 1.165) is 0 Å². The third-order valence-electron chi connectivity index (χ3n) is 3.71. The van der Waals surface area contributed by atoms with Crippen LogP contribution < -0.4 is 0 Å². The number of urea groups is 1. The van der Waals surface area contributed by atoms with Crippen LogP contribution in [-0.4, -0.2) is 43.8 Å². The SMILES string of the molecule is CC1SC[C@H]2C(=O)N(Cc3ccc([N+](=O)[O-])cc3)C(=O)N12. The molecule has 2 heterocycles. The quantitative estimate of drug-likeness (QED) is 0.483. The first-order chi connectivity index (χ1) is 9.99. The first kappa shape index (κ1) is 13.9. The summed E-state index contributed by atoms with van der Waals surface area (Å²) in [5.74, 6) is 0.442. The summed E-state index contributed by atoms with van der Waals surface area (Å²) in [6, 6.07) is 5.25. The van der Waals surface area contributed by atoms with Gasteiger partial charge in [0.15, 0.2) is 0 Å². The van der Waals surface area contributed by atoms with Crippen molar-refractivity contribution in [2.75, 3.05) is 5.75 Å². The number of imide groups is 1. The molecule has 0 spiro atoms. The third-order valence-corrected chi connectivity index (χ3v) is 4.93. The molecule has 21 heavy (non-hydrogen) atoms. The smallest absolute Gasteiger partial charge is 0.300 e. The Morgan fingerprint density at radius 2 is 2.00 bits per heavy atom. The number of amides is 3. The Morgan fingerprint density at radius 3 is 2.57 bits per heavy atom. The maximum absolute atomic E-state index is 12.3. The van der Waals surface area contributed by atoms with Crippen LogP contribution in [0.2, 0.25) is 0 Å². The Bertz CT molecular complexity index is 618. The Labute approximate surface area is 125 Å². The van der Waals surface area contributed by atoms with Crippen molar-refractivity contribution < 1.29 is 14.5 Å². The van der Waals surface area contributed by atoms with Gasteiger partial charge in [0.05, 0.1) is 16.8 Å². The Morgan fingerprint density at radius 1 is 1.33 bits per heavy atom.